The molecule has 18 heavy (non-hydrogen) atoms. The first-order valence-electron chi connectivity index (χ1n) is 5.41. The maximum atomic E-state index is 11.7. The fraction of sp³-hybridized carbons (Fsp3) is 0.455. The van der Waals surface area contributed by atoms with Crippen LogP contribution in [0.15, 0.2) is 12.1 Å². The summed E-state index contributed by atoms with van der Waals surface area (Å²) in [6.45, 7) is 2.35. The molecule has 7 heteroatoms. The second-order valence-electron chi connectivity index (χ2n) is 3.87. The van der Waals surface area contributed by atoms with Crippen molar-refractivity contribution in [1.29, 1.82) is 0 Å². The molecule has 1 aromatic rings. The van der Waals surface area contributed by atoms with Crippen LogP contribution in [0.25, 0.3) is 0 Å². The highest BCUT2D eigenvalue weighted by molar-refractivity contribution is 7.16. The van der Waals surface area contributed by atoms with Gasteiger partial charge >= 0.3 is 6.03 Å². The Labute approximate surface area is 115 Å². The Morgan fingerprint density at radius 3 is 2.67 bits per heavy atom. The Bertz CT molecular complexity index is 436. The van der Waals surface area contributed by atoms with Crippen LogP contribution < -0.4 is 10.6 Å². The van der Waals surface area contributed by atoms with E-state index in [2.05, 4.69) is 10.6 Å². The van der Waals surface area contributed by atoms with Crippen LogP contribution in [0.4, 0.5) is 4.79 Å². The number of hydrogen-bond donors (Lipinski definition) is 2. The summed E-state index contributed by atoms with van der Waals surface area (Å²) in [7, 11) is 3.28. The molecule has 100 valence electrons. The smallest absolute Gasteiger partial charge is 0.321 e. The molecule has 0 fully saturated rings. The number of nitrogens with one attached hydrogen (secondary N) is 2. The van der Waals surface area contributed by atoms with Crippen molar-refractivity contribution in [3.63, 3.8) is 0 Å². The van der Waals surface area contributed by atoms with Gasteiger partial charge in [0.1, 0.15) is 0 Å². The highest BCUT2D eigenvalue weighted by Gasteiger charge is 2.20. The zero-order valence-corrected chi connectivity index (χ0v) is 12.1. The number of carbonyl (C=O) groups excluding carboxylic acids is 2. The van der Waals surface area contributed by atoms with Gasteiger partial charge in [0.2, 0.25) is 5.91 Å². The predicted molar refractivity (Wildman–Crippen MR) is 72.9 cm³/mol. The van der Waals surface area contributed by atoms with Gasteiger partial charge in [-0.25, -0.2) is 4.79 Å². The second-order valence-corrected chi connectivity index (χ2v) is 5.66. The summed E-state index contributed by atoms with van der Waals surface area (Å²) in [4.78, 5) is 25.7. The molecule has 1 heterocycles. The van der Waals surface area contributed by atoms with Gasteiger partial charge in [-0.1, -0.05) is 11.6 Å². The average molecular weight is 290 g/mol. The van der Waals surface area contributed by atoms with E-state index >= 15 is 0 Å². The molecule has 0 radical (unpaired) electrons. The van der Waals surface area contributed by atoms with Gasteiger partial charge in [0.25, 0.3) is 0 Å². The van der Waals surface area contributed by atoms with Crippen LogP contribution in [-0.4, -0.2) is 37.0 Å². The lowest BCUT2D eigenvalue weighted by molar-refractivity contribution is -0.124. The molecule has 0 aromatic carbocycles. The zero-order chi connectivity index (χ0) is 13.7. The van der Waals surface area contributed by atoms with Gasteiger partial charge in [0.05, 0.1) is 10.4 Å². The number of likely N-dealkylation sites (N-methyl/N-ethyl adjacent to an activating group) is 1. The third-order valence-corrected chi connectivity index (χ3v) is 3.75. The first-order valence-corrected chi connectivity index (χ1v) is 6.60. The van der Waals surface area contributed by atoms with Crippen molar-refractivity contribution in [2.24, 2.45) is 0 Å². The largest absolute Gasteiger partial charge is 0.341 e. The van der Waals surface area contributed by atoms with Crippen LogP contribution in [0.2, 0.25) is 4.34 Å². The van der Waals surface area contributed by atoms with Gasteiger partial charge in [-0.15, -0.1) is 11.3 Å². The van der Waals surface area contributed by atoms with E-state index in [0.29, 0.717) is 6.54 Å². The van der Waals surface area contributed by atoms with E-state index in [9.17, 15) is 9.59 Å². The van der Waals surface area contributed by atoms with Crippen LogP contribution in [0, 0.1) is 0 Å². The fourth-order valence-corrected chi connectivity index (χ4v) is 2.45. The Morgan fingerprint density at radius 1 is 1.50 bits per heavy atom. The second kappa shape index (κ2) is 6.72. The van der Waals surface area contributed by atoms with E-state index in [0.717, 1.165) is 9.21 Å². The first kappa shape index (κ1) is 14.9. The Hall–Kier alpha value is -1.11. The molecule has 0 aliphatic rings. The summed E-state index contributed by atoms with van der Waals surface area (Å²) in [6.07, 6.45) is 0. The summed E-state index contributed by atoms with van der Waals surface area (Å²) >= 11 is 7.32. The number of rotatable bonds is 4. The number of nitrogens with zero attached hydrogens (tertiary/aromatic N) is 1. The highest BCUT2D eigenvalue weighted by Crippen LogP contribution is 2.22. The molecule has 0 aliphatic carbocycles. The number of amides is 3. The van der Waals surface area contributed by atoms with Crippen LogP contribution in [0.1, 0.15) is 11.8 Å². The predicted octanol–water partition coefficient (Wildman–Crippen LogP) is 1.68. The normalized spacial score (nSPS) is 12.3. The molecule has 1 atom stereocenters. The SMILES string of the molecule is CNC(=O)NC(=O)C(C)N(C)Cc1ccc(Cl)s1. The Balaban J connectivity index is 2.52. The van der Waals surface area contributed by atoms with Gasteiger partial charge in [-0.3, -0.25) is 15.0 Å². The number of hydrogen-bond acceptors (Lipinski definition) is 4. The third kappa shape index (κ3) is 4.29. The minimum atomic E-state index is -0.501. The van der Waals surface area contributed by atoms with Crippen molar-refractivity contribution in [3.8, 4) is 0 Å². The molecule has 0 bridgehead atoms. The summed E-state index contributed by atoms with van der Waals surface area (Å²) < 4.78 is 0.723. The van der Waals surface area contributed by atoms with Gasteiger partial charge in [-0.05, 0) is 26.1 Å². The van der Waals surface area contributed by atoms with E-state index in [-0.39, 0.29) is 5.91 Å². The molecule has 1 unspecified atom stereocenters. The quantitative estimate of drug-likeness (QED) is 0.886. The number of thiophene rings is 1. The highest BCUT2D eigenvalue weighted by atomic mass is 35.5. The summed E-state index contributed by atoms with van der Waals surface area (Å²) in [5, 5.41) is 4.59. The van der Waals surface area contributed by atoms with E-state index in [1.54, 1.807) is 6.92 Å². The minimum Gasteiger partial charge on any atom is -0.341 e. The fourth-order valence-electron chi connectivity index (χ4n) is 1.30. The van der Waals surface area contributed by atoms with Crippen LogP contribution in [-0.2, 0) is 11.3 Å². The van der Waals surface area contributed by atoms with Crippen molar-refractivity contribution in [2.45, 2.75) is 19.5 Å². The van der Waals surface area contributed by atoms with Crippen molar-refractivity contribution in [3.05, 3.63) is 21.3 Å². The molecule has 0 aliphatic heterocycles. The van der Waals surface area contributed by atoms with Crippen LogP contribution in [0.3, 0.4) is 0 Å². The molecular formula is C11H16ClN3O2S. The van der Waals surface area contributed by atoms with Gasteiger partial charge in [0, 0.05) is 18.5 Å². The Kier molecular flexibility index (Phi) is 5.58. The molecular weight excluding hydrogens is 274 g/mol. The molecule has 5 nitrogen and oxygen atoms in total. The van der Waals surface area contributed by atoms with Crippen LogP contribution in [0.5, 0.6) is 0 Å². The maximum Gasteiger partial charge on any atom is 0.321 e. The molecule has 0 saturated carbocycles. The van der Waals surface area contributed by atoms with Gasteiger partial charge < -0.3 is 5.32 Å². The third-order valence-electron chi connectivity index (χ3n) is 2.54. The lowest BCUT2D eigenvalue weighted by atomic mass is 10.2. The zero-order valence-electron chi connectivity index (χ0n) is 10.5. The summed E-state index contributed by atoms with van der Waals surface area (Å²) in [5.41, 5.74) is 0. The van der Waals surface area contributed by atoms with Crippen LogP contribution >= 0.6 is 22.9 Å². The average Bonchev–Trinajstić information content (AvgIpc) is 2.73. The monoisotopic (exact) mass is 289 g/mol. The van der Waals surface area contributed by atoms with E-state index in [1.807, 2.05) is 24.1 Å². The van der Waals surface area contributed by atoms with Crippen molar-refractivity contribution in [2.75, 3.05) is 14.1 Å². The van der Waals surface area contributed by atoms with Gasteiger partial charge in [-0.2, -0.15) is 0 Å². The number of urea groups is 1. The molecule has 2 N–H and O–H groups in total. The van der Waals surface area contributed by atoms with E-state index in [1.165, 1.54) is 18.4 Å². The number of imide groups is 1. The van der Waals surface area contributed by atoms with Crippen molar-refractivity contribution < 1.29 is 9.59 Å². The van der Waals surface area contributed by atoms with Crippen molar-refractivity contribution in [1.82, 2.24) is 15.5 Å². The van der Waals surface area contributed by atoms with Gasteiger partial charge in [0.15, 0.2) is 0 Å². The summed E-state index contributed by atoms with van der Waals surface area (Å²) in [5.74, 6) is -0.334. The molecule has 1 rings (SSSR count). The summed E-state index contributed by atoms with van der Waals surface area (Å²) in [6, 6.07) is 2.85. The molecule has 0 saturated heterocycles. The van der Waals surface area contributed by atoms with E-state index in [4.69, 9.17) is 11.6 Å². The standard InChI is InChI=1S/C11H16ClN3O2S/c1-7(10(16)14-11(17)13-2)15(3)6-8-4-5-9(12)18-8/h4-5,7H,6H2,1-3H3,(H2,13,14,16,17). The topological polar surface area (TPSA) is 61.4 Å². The molecule has 1 aromatic heterocycles. The maximum absolute atomic E-state index is 11.7. The lowest BCUT2D eigenvalue weighted by Gasteiger charge is -2.22. The molecule has 3 amide bonds. The van der Waals surface area contributed by atoms with E-state index < -0.39 is 12.1 Å². The first-order chi connectivity index (χ1) is 8.43. The molecule has 0 spiro atoms. The minimum absolute atomic E-state index is 0.334. The Morgan fingerprint density at radius 2 is 2.17 bits per heavy atom. The number of halogens is 1. The van der Waals surface area contributed by atoms with Crippen molar-refractivity contribution >= 4 is 34.9 Å². The lowest BCUT2D eigenvalue weighted by Crippen LogP contribution is -2.47. The number of carbonyl (C=O) groups is 2.